The fourth-order valence-corrected chi connectivity index (χ4v) is 1.66. The summed E-state index contributed by atoms with van der Waals surface area (Å²) in [7, 11) is 0. The minimum Gasteiger partial charge on any atom is -0.313 e. The summed E-state index contributed by atoms with van der Waals surface area (Å²) in [6, 6.07) is 5.26. The van der Waals surface area contributed by atoms with Gasteiger partial charge >= 0.3 is 0 Å². The van der Waals surface area contributed by atoms with Crippen molar-refractivity contribution in [1.82, 2.24) is 5.32 Å². The average molecular weight is 235 g/mol. The van der Waals surface area contributed by atoms with E-state index in [-0.39, 0.29) is 5.82 Å². The Bertz CT molecular complexity index is 394. The van der Waals surface area contributed by atoms with Gasteiger partial charge in [-0.25, -0.2) is 4.39 Å². The predicted octanol–water partition coefficient (Wildman–Crippen LogP) is 3.78. The molecule has 1 aromatic rings. The average Bonchev–Trinajstić information content (AvgIpc) is 2.28. The highest BCUT2D eigenvalue weighted by Crippen LogP contribution is 2.16. The highest BCUT2D eigenvalue weighted by molar-refractivity contribution is 5.54. The van der Waals surface area contributed by atoms with Crippen LogP contribution in [0.25, 0.3) is 6.08 Å². The molecule has 0 amide bonds. The highest BCUT2D eigenvalue weighted by atomic mass is 19.1. The maximum Gasteiger partial charge on any atom is 0.126 e. The third-order valence-electron chi connectivity index (χ3n) is 2.85. The minimum absolute atomic E-state index is 0.139. The molecule has 1 aromatic carbocycles. The number of hydrogen-bond donors (Lipinski definition) is 1. The van der Waals surface area contributed by atoms with E-state index in [9.17, 15) is 4.39 Å². The third kappa shape index (κ3) is 4.31. The van der Waals surface area contributed by atoms with Crippen molar-refractivity contribution in [2.45, 2.75) is 27.7 Å². The van der Waals surface area contributed by atoms with Gasteiger partial charge in [0, 0.05) is 6.54 Å². The lowest BCUT2D eigenvalue weighted by Gasteiger charge is -2.12. The van der Waals surface area contributed by atoms with Gasteiger partial charge in [-0.3, -0.25) is 0 Å². The molecule has 0 spiro atoms. The predicted molar refractivity (Wildman–Crippen MR) is 72.5 cm³/mol. The molecule has 17 heavy (non-hydrogen) atoms. The van der Waals surface area contributed by atoms with Crippen molar-refractivity contribution in [3.05, 3.63) is 40.7 Å². The van der Waals surface area contributed by atoms with E-state index in [0.717, 1.165) is 18.7 Å². The topological polar surface area (TPSA) is 12.0 Å². The molecule has 2 heteroatoms. The number of aryl methyl sites for hydroxylation is 1. The molecule has 0 bridgehead atoms. The summed E-state index contributed by atoms with van der Waals surface area (Å²) in [6.45, 7) is 10.1. The SMILES string of the molecule is CCNCC(=Cc1ccc(F)c(C)c1)C(C)C. The van der Waals surface area contributed by atoms with E-state index in [1.807, 2.05) is 12.1 Å². The molecule has 0 saturated heterocycles. The number of halogens is 1. The van der Waals surface area contributed by atoms with E-state index in [0.29, 0.717) is 11.5 Å². The molecule has 1 rings (SSSR count). The lowest BCUT2D eigenvalue weighted by molar-refractivity contribution is 0.618. The number of benzene rings is 1. The van der Waals surface area contributed by atoms with Gasteiger partial charge in [-0.1, -0.05) is 38.5 Å². The Morgan fingerprint density at radius 1 is 1.41 bits per heavy atom. The first-order valence-corrected chi connectivity index (χ1v) is 6.22. The molecule has 0 atom stereocenters. The number of likely N-dealkylation sites (N-methyl/N-ethyl adjacent to an activating group) is 1. The summed E-state index contributed by atoms with van der Waals surface area (Å²) < 4.78 is 13.2. The van der Waals surface area contributed by atoms with Crippen LogP contribution in [0.3, 0.4) is 0 Å². The Hall–Kier alpha value is -1.15. The molecule has 0 unspecified atom stereocenters. The van der Waals surface area contributed by atoms with Gasteiger partial charge in [-0.15, -0.1) is 0 Å². The Kier molecular flexibility index (Phi) is 5.36. The lowest BCUT2D eigenvalue weighted by atomic mass is 9.99. The number of nitrogens with one attached hydrogen (secondary N) is 1. The Labute approximate surface area is 104 Å². The fraction of sp³-hybridized carbons (Fsp3) is 0.467. The second-order valence-electron chi connectivity index (χ2n) is 4.66. The molecule has 94 valence electrons. The highest BCUT2D eigenvalue weighted by Gasteiger charge is 2.04. The van der Waals surface area contributed by atoms with Crippen LogP contribution in [0.2, 0.25) is 0 Å². The molecule has 0 radical (unpaired) electrons. The van der Waals surface area contributed by atoms with Crippen molar-refractivity contribution in [3.63, 3.8) is 0 Å². The van der Waals surface area contributed by atoms with Gasteiger partial charge in [-0.2, -0.15) is 0 Å². The van der Waals surface area contributed by atoms with Crippen molar-refractivity contribution < 1.29 is 4.39 Å². The molecule has 0 fully saturated rings. The van der Waals surface area contributed by atoms with Crippen molar-refractivity contribution in [2.24, 2.45) is 5.92 Å². The van der Waals surface area contributed by atoms with E-state index >= 15 is 0 Å². The summed E-state index contributed by atoms with van der Waals surface area (Å²) in [6.07, 6.45) is 2.15. The van der Waals surface area contributed by atoms with Crippen molar-refractivity contribution >= 4 is 6.08 Å². The van der Waals surface area contributed by atoms with Crippen LogP contribution in [0.1, 0.15) is 31.9 Å². The van der Waals surface area contributed by atoms with Crippen molar-refractivity contribution in [3.8, 4) is 0 Å². The standard InChI is InChI=1S/C15H22FN/c1-5-17-10-14(11(2)3)9-13-6-7-15(16)12(4)8-13/h6-9,11,17H,5,10H2,1-4H3. The van der Waals surface area contributed by atoms with Gasteiger partial charge in [-0.05, 0) is 42.6 Å². The van der Waals surface area contributed by atoms with Crippen LogP contribution >= 0.6 is 0 Å². The van der Waals surface area contributed by atoms with Crippen LogP contribution in [-0.2, 0) is 0 Å². The molecule has 1 nitrogen and oxygen atoms in total. The van der Waals surface area contributed by atoms with Crippen LogP contribution < -0.4 is 5.32 Å². The summed E-state index contributed by atoms with van der Waals surface area (Å²) in [5, 5.41) is 3.33. The first kappa shape index (κ1) is 13.9. The minimum atomic E-state index is -0.139. The Morgan fingerprint density at radius 2 is 2.12 bits per heavy atom. The molecule has 0 aliphatic carbocycles. The van der Waals surface area contributed by atoms with Gasteiger partial charge in [0.25, 0.3) is 0 Å². The second-order valence-corrected chi connectivity index (χ2v) is 4.66. The molecule has 0 aliphatic heterocycles. The number of rotatable bonds is 5. The van der Waals surface area contributed by atoms with Gasteiger partial charge < -0.3 is 5.32 Å². The zero-order valence-corrected chi connectivity index (χ0v) is 11.2. The van der Waals surface area contributed by atoms with Crippen molar-refractivity contribution in [2.75, 3.05) is 13.1 Å². The molecule has 0 saturated carbocycles. The number of hydrogen-bond acceptors (Lipinski definition) is 1. The monoisotopic (exact) mass is 235 g/mol. The normalized spacial score (nSPS) is 12.2. The van der Waals surface area contributed by atoms with Gasteiger partial charge in [0.1, 0.15) is 5.82 Å². The van der Waals surface area contributed by atoms with E-state index in [4.69, 9.17) is 0 Å². The summed E-state index contributed by atoms with van der Waals surface area (Å²) in [5.41, 5.74) is 3.12. The second kappa shape index (κ2) is 6.55. The van der Waals surface area contributed by atoms with Gasteiger partial charge in [0.05, 0.1) is 0 Å². The van der Waals surface area contributed by atoms with Crippen LogP contribution in [-0.4, -0.2) is 13.1 Å². The maximum absolute atomic E-state index is 13.2. The van der Waals surface area contributed by atoms with E-state index in [1.165, 1.54) is 11.6 Å². The van der Waals surface area contributed by atoms with Crippen LogP contribution in [0, 0.1) is 18.7 Å². The van der Waals surface area contributed by atoms with Crippen LogP contribution in [0.15, 0.2) is 23.8 Å². The first-order chi connectivity index (χ1) is 8.04. The molecule has 0 heterocycles. The largest absolute Gasteiger partial charge is 0.313 e. The Morgan fingerprint density at radius 3 is 2.65 bits per heavy atom. The molecule has 0 aliphatic rings. The van der Waals surface area contributed by atoms with Crippen LogP contribution in [0.5, 0.6) is 0 Å². The van der Waals surface area contributed by atoms with E-state index < -0.39 is 0 Å². The molecule has 1 N–H and O–H groups in total. The maximum atomic E-state index is 13.2. The van der Waals surface area contributed by atoms with E-state index in [2.05, 4.69) is 32.2 Å². The van der Waals surface area contributed by atoms with Gasteiger partial charge in [0.2, 0.25) is 0 Å². The smallest absolute Gasteiger partial charge is 0.126 e. The zero-order chi connectivity index (χ0) is 12.8. The fourth-order valence-electron chi connectivity index (χ4n) is 1.66. The first-order valence-electron chi connectivity index (χ1n) is 6.22. The van der Waals surface area contributed by atoms with Crippen LogP contribution in [0.4, 0.5) is 4.39 Å². The molecular formula is C15H22FN. The molecular weight excluding hydrogens is 213 g/mol. The molecule has 0 aromatic heterocycles. The summed E-state index contributed by atoms with van der Waals surface area (Å²) in [4.78, 5) is 0. The van der Waals surface area contributed by atoms with E-state index in [1.54, 1.807) is 6.92 Å². The van der Waals surface area contributed by atoms with Crippen molar-refractivity contribution in [1.29, 1.82) is 0 Å². The third-order valence-corrected chi connectivity index (χ3v) is 2.85. The summed E-state index contributed by atoms with van der Waals surface area (Å²) >= 11 is 0. The zero-order valence-electron chi connectivity index (χ0n) is 11.2. The lowest BCUT2D eigenvalue weighted by Crippen LogP contribution is -2.18. The van der Waals surface area contributed by atoms with Gasteiger partial charge in [0.15, 0.2) is 0 Å². The Balaban J connectivity index is 2.91. The quantitative estimate of drug-likeness (QED) is 0.819. The summed E-state index contributed by atoms with van der Waals surface area (Å²) in [5.74, 6) is 0.360.